The summed E-state index contributed by atoms with van der Waals surface area (Å²) >= 11 is 0. The van der Waals surface area contributed by atoms with Crippen molar-refractivity contribution in [1.29, 1.82) is 0 Å². The Morgan fingerprint density at radius 3 is 2.93 bits per heavy atom. The molecule has 1 atom stereocenters. The van der Waals surface area contributed by atoms with Gasteiger partial charge in [0.2, 0.25) is 0 Å². The molecule has 1 saturated heterocycles. The summed E-state index contributed by atoms with van der Waals surface area (Å²) in [6.07, 6.45) is 3.41. The van der Waals surface area contributed by atoms with Gasteiger partial charge in [0.25, 0.3) is 0 Å². The number of rotatable bonds is 5. The first-order valence-corrected chi connectivity index (χ1v) is 5.31. The van der Waals surface area contributed by atoms with Gasteiger partial charge in [-0.2, -0.15) is 0 Å². The van der Waals surface area contributed by atoms with Gasteiger partial charge in [0, 0.05) is 18.6 Å². The van der Waals surface area contributed by atoms with Crippen molar-refractivity contribution in [3.63, 3.8) is 0 Å². The Bertz CT molecular complexity index is 198. The minimum atomic E-state index is -0.135. The summed E-state index contributed by atoms with van der Waals surface area (Å²) in [7, 11) is 0. The first kappa shape index (κ1) is 9.93. The monoisotopic (exact) mass is 199 g/mol. The summed E-state index contributed by atoms with van der Waals surface area (Å²) in [5.74, 6) is 0.281. The van der Waals surface area contributed by atoms with E-state index in [1.165, 1.54) is 12.8 Å². The van der Waals surface area contributed by atoms with E-state index in [2.05, 4.69) is 5.32 Å². The summed E-state index contributed by atoms with van der Waals surface area (Å²) < 4.78 is 10.3. The van der Waals surface area contributed by atoms with Crippen LogP contribution in [0.25, 0.3) is 0 Å². The Balaban J connectivity index is 1.52. The summed E-state index contributed by atoms with van der Waals surface area (Å²) in [6.45, 7) is 2.43. The van der Waals surface area contributed by atoms with E-state index in [0.717, 1.165) is 19.6 Å². The highest BCUT2D eigenvalue weighted by atomic mass is 16.5. The molecule has 1 unspecified atom stereocenters. The minimum absolute atomic E-state index is 0.135. The fourth-order valence-electron chi connectivity index (χ4n) is 1.49. The number of hydrogen-bond acceptors (Lipinski definition) is 4. The van der Waals surface area contributed by atoms with Crippen molar-refractivity contribution in [3.8, 4) is 0 Å². The molecule has 2 rings (SSSR count). The van der Waals surface area contributed by atoms with Gasteiger partial charge in [0.05, 0.1) is 19.8 Å². The third kappa shape index (κ3) is 3.27. The van der Waals surface area contributed by atoms with Gasteiger partial charge in [-0.15, -0.1) is 0 Å². The van der Waals surface area contributed by atoms with Crippen LogP contribution < -0.4 is 5.32 Å². The molecule has 0 aromatic heterocycles. The summed E-state index contributed by atoms with van der Waals surface area (Å²) in [5.41, 5.74) is 0. The predicted octanol–water partition coefficient (Wildman–Crippen LogP) is 0.318. The molecule has 0 aromatic rings. The number of hydrogen-bond donors (Lipinski definition) is 1. The second-order valence-electron chi connectivity index (χ2n) is 4.07. The maximum absolute atomic E-state index is 11.2. The van der Waals surface area contributed by atoms with Gasteiger partial charge in [-0.25, -0.2) is 0 Å². The van der Waals surface area contributed by atoms with Crippen LogP contribution >= 0.6 is 0 Å². The number of carbonyl (C=O) groups excluding carboxylic acids is 1. The van der Waals surface area contributed by atoms with Gasteiger partial charge in [0.1, 0.15) is 0 Å². The summed E-state index contributed by atoms with van der Waals surface area (Å²) in [5, 5.41) is 3.13. The lowest BCUT2D eigenvalue weighted by molar-refractivity contribution is -0.143. The molecule has 4 heteroatoms. The number of carbonyl (C=O) groups is 1. The lowest BCUT2D eigenvalue weighted by atomic mass is 10.1. The van der Waals surface area contributed by atoms with Crippen LogP contribution in [0, 0.1) is 5.92 Å². The molecular weight excluding hydrogens is 182 g/mol. The minimum Gasteiger partial charge on any atom is -0.464 e. The van der Waals surface area contributed by atoms with Crippen molar-refractivity contribution in [2.24, 2.45) is 5.92 Å². The topological polar surface area (TPSA) is 47.6 Å². The molecular formula is C10H17NO3. The van der Waals surface area contributed by atoms with E-state index in [4.69, 9.17) is 9.47 Å². The van der Waals surface area contributed by atoms with Crippen molar-refractivity contribution >= 4 is 5.97 Å². The maximum Gasteiger partial charge on any atom is 0.319 e. The van der Waals surface area contributed by atoms with Gasteiger partial charge < -0.3 is 14.8 Å². The number of ether oxygens (including phenoxy) is 2. The Labute approximate surface area is 84.0 Å². The van der Waals surface area contributed by atoms with E-state index in [1.54, 1.807) is 0 Å². The molecule has 1 aliphatic heterocycles. The molecule has 0 amide bonds. The molecule has 1 saturated carbocycles. The normalized spacial score (nSPS) is 26.4. The van der Waals surface area contributed by atoms with Gasteiger partial charge >= 0.3 is 5.97 Å². The molecule has 80 valence electrons. The van der Waals surface area contributed by atoms with Gasteiger partial charge in [-0.3, -0.25) is 4.79 Å². The first-order valence-electron chi connectivity index (χ1n) is 5.31. The van der Waals surface area contributed by atoms with Crippen molar-refractivity contribution in [2.45, 2.75) is 25.3 Å². The molecule has 1 aliphatic carbocycles. The van der Waals surface area contributed by atoms with Gasteiger partial charge in [-0.1, -0.05) is 0 Å². The summed E-state index contributed by atoms with van der Waals surface area (Å²) in [4.78, 5) is 11.2. The third-order valence-electron chi connectivity index (χ3n) is 2.62. The van der Waals surface area contributed by atoms with Crippen LogP contribution in [-0.2, 0) is 14.3 Å². The van der Waals surface area contributed by atoms with E-state index in [9.17, 15) is 4.79 Å². The summed E-state index contributed by atoms with van der Waals surface area (Å²) in [6, 6.07) is 0.567. The predicted molar refractivity (Wildman–Crippen MR) is 50.9 cm³/mol. The zero-order valence-corrected chi connectivity index (χ0v) is 8.33. The van der Waals surface area contributed by atoms with Crippen molar-refractivity contribution in [3.05, 3.63) is 0 Å². The van der Waals surface area contributed by atoms with Crippen LogP contribution in [0.2, 0.25) is 0 Å². The molecule has 0 bridgehead atoms. The lowest BCUT2D eigenvalue weighted by Crippen LogP contribution is -2.27. The molecule has 0 radical (unpaired) electrons. The lowest BCUT2D eigenvalue weighted by Gasteiger charge is -2.08. The van der Waals surface area contributed by atoms with Crippen LogP contribution in [0.3, 0.4) is 0 Å². The van der Waals surface area contributed by atoms with Crippen molar-refractivity contribution in [1.82, 2.24) is 5.32 Å². The highest BCUT2D eigenvalue weighted by Gasteiger charge is 2.22. The van der Waals surface area contributed by atoms with Gasteiger partial charge in [-0.05, 0) is 19.3 Å². The quantitative estimate of drug-likeness (QED) is 0.648. The van der Waals surface area contributed by atoms with E-state index in [1.807, 2.05) is 0 Å². The van der Waals surface area contributed by atoms with Crippen LogP contribution in [-0.4, -0.2) is 38.4 Å². The SMILES string of the molecule is O=C(CNC1CC1)OCC1CCOC1. The Morgan fingerprint density at radius 2 is 2.29 bits per heavy atom. The van der Waals surface area contributed by atoms with Crippen LogP contribution in [0.15, 0.2) is 0 Å². The highest BCUT2D eigenvalue weighted by Crippen LogP contribution is 2.18. The molecule has 0 spiro atoms. The Kier molecular flexibility index (Phi) is 3.37. The van der Waals surface area contributed by atoms with Crippen LogP contribution in [0.5, 0.6) is 0 Å². The zero-order valence-electron chi connectivity index (χ0n) is 8.33. The largest absolute Gasteiger partial charge is 0.464 e. The highest BCUT2D eigenvalue weighted by molar-refractivity contribution is 5.71. The van der Waals surface area contributed by atoms with Crippen LogP contribution in [0.4, 0.5) is 0 Å². The van der Waals surface area contributed by atoms with Crippen molar-refractivity contribution in [2.75, 3.05) is 26.4 Å². The Hall–Kier alpha value is -0.610. The fourth-order valence-corrected chi connectivity index (χ4v) is 1.49. The molecule has 14 heavy (non-hydrogen) atoms. The second-order valence-corrected chi connectivity index (χ2v) is 4.07. The average Bonchev–Trinajstić information content (AvgIpc) is 2.87. The molecule has 1 N–H and O–H groups in total. The van der Waals surface area contributed by atoms with E-state index in [0.29, 0.717) is 25.1 Å². The maximum atomic E-state index is 11.2. The second kappa shape index (κ2) is 4.75. The molecule has 2 fully saturated rings. The van der Waals surface area contributed by atoms with Gasteiger partial charge in [0.15, 0.2) is 0 Å². The van der Waals surface area contributed by atoms with Crippen LogP contribution in [0.1, 0.15) is 19.3 Å². The standard InChI is InChI=1S/C10H17NO3/c12-10(5-11-9-1-2-9)14-7-8-3-4-13-6-8/h8-9,11H,1-7H2. The molecule has 0 aromatic carbocycles. The third-order valence-corrected chi connectivity index (χ3v) is 2.62. The smallest absolute Gasteiger partial charge is 0.319 e. The fraction of sp³-hybridized carbons (Fsp3) is 0.900. The molecule has 2 aliphatic rings. The van der Waals surface area contributed by atoms with E-state index >= 15 is 0 Å². The molecule has 1 heterocycles. The molecule has 4 nitrogen and oxygen atoms in total. The van der Waals surface area contributed by atoms with Crippen molar-refractivity contribution < 1.29 is 14.3 Å². The van der Waals surface area contributed by atoms with E-state index < -0.39 is 0 Å². The Morgan fingerprint density at radius 1 is 1.43 bits per heavy atom. The van der Waals surface area contributed by atoms with E-state index in [-0.39, 0.29) is 5.97 Å². The first-order chi connectivity index (χ1) is 6.84. The number of nitrogens with one attached hydrogen (secondary N) is 1. The zero-order chi connectivity index (χ0) is 9.80. The average molecular weight is 199 g/mol. The number of esters is 1.